The first-order chi connectivity index (χ1) is 12.4. The molecule has 0 spiro atoms. The molecule has 0 fully saturated rings. The van der Waals surface area contributed by atoms with Crippen molar-refractivity contribution in [2.45, 2.75) is 58.0 Å². The molecule has 0 amide bonds. The molecule has 1 aliphatic carbocycles. The SMILES string of the molecule is CCC(CC)(OC(=O)CC(=O)O)C1CCc2c([nH]c3cc(Cl)ccc23)C1. The predicted molar refractivity (Wildman–Crippen MR) is 100 cm³/mol. The Morgan fingerprint density at radius 3 is 2.73 bits per heavy atom. The van der Waals surface area contributed by atoms with E-state index in [4.69, 9.17) is 21.4 Å². The molecule has 5 nitrogen and oxygen atoms in total. The molecule has 1 unspecified atom stereocenters. The Hall–Kier alpha value is -2.01. The number of carbonyl (C=O) groups is 2. The van der Waals surface area contributed by atoms with Gasteiger partial charge in [0.25, 0.3) is 0 Å². The monoisotopic (exact) mass is 377 g/mol. The van der Waals surface area contributed by atoms with Crippen LogP contribution in [0.5, 0.6) is 0 Å². The summed E-state index contributed by atoms with van der Waals surface area (Å²) >= 11 is 6.10. The van der Waals surface area contributed by atoms with Gasteiger partial charge in [0, 0.05) is 27.5 Å². The summed E-state index contributed by atoms with van der Waals surface area (Å²) in [6.07, 6.45) is 3.33. The van der Waals surface area contributed by atoms with E-state index in [-0.39, 0.29) is 5.92 Å². The first-order valence-electron chi connectivity index (χ1n) is 9.11. The lowest BCUT2D eigenvalue weighted by Gasteiger charge is -2.41. The summed E-state index contributed by atoms with van der Waals surface area (Å²) < 4.78 is 5.74. The van der Waals surface area contributed by atoms with Gasteiger partial charge in [-0.15, -0.1) is 0 Å². The van der Waals surface area contributed by atoms with Crippen molar-refractivity contribution in [3.63, 3.8) is 0 Å². The Bertz CT molecular complexity index is 838. The maximum Gasteiger partial charge on any atom is 0.317 e. The summed E-state index contributed by atoms with van der Waals surface area (Å²) in [7, 11) is 0. The van der Waals surface area contributed by atoms with Crippen molar-refractivity contribution in [2.75, 3.05) is 0 Å². The van der Waals surface area contributed by atoms with Crippen molar-refractivity contribution >= 4 is 34.4 Å². The fourth-order valence-corrected chi connectivity index (χ4v) is 4.47. The average Bonchev–Trinajstić information content (AvgIpc) is 2.95. The molecule has 26 heavy (non-hydrogen) atoms. The van der Waals surface area contributed by atoms with Crippen LogP contribution in [0.15, 0.2) is 18.2 Å². The van der Waals surface area contributed by atoms with Gasteiger partial charge in [-0.3, -0.25) is 9.59 Å². The summed E-state index contributed by atoms with van der Waals surface area (Å²) in [5.41, 5.74) is 2.88. The van der Waals surface area contributed by atoms with E-state index in [2.05, 4.69) is 4.98 Å². The average molecular weight is 378 g/mol. The summed E-state index contributed by atoms with van der Waals surface area (Å²) in [6, 6.07) is 5.89. The number of carboxylic acid groups (broad SMARTS) is 1. The number of aromatic nitrogens is 1. The molecule has 0 radical (unpaired) electrons. The van der Waals surface area contributed by atoms with E-state index in [0.717, 1.165) is 24.8 Å². The number of H-pyrrole nitrogens is 1. The summed E-state index contributed by atoms with van der Waals surface area (Å²) in [6.45, 7) is 4.00. The van der Waals surface area contributed by atoms with Crippen LogP contribution in [-0.2, 0) is 27.2 Å². The van der Waals surface area contributed by atoms with Gasteiger partial charge >= 0.3 is 11.9 Å². The fraction of sp³-hybridized carbons (Fsp3) is 0.500. The second kappa shape index (κ2) is 7.31. The number of fused-ring (bicyclic) bond motifs is 3. The first kappa shape index (κ1) is 18.8. The van der Waals surface area contributed by atoms with E-state index in [1.165, 1.54) is 16.6 Å². The number of ether oxygens (including phenoxy) is 1. The van der Waals surface area contributed by atoms with Gasteiger partial charge in [-0.25, -0.2) is 0 Å². The second-order valence-electron chi connectivity index (χ2n) is 7.03. The molecule has 1 aromatic heterocycles. The van der Waals surface area contributed by atoms with Crippen molar-refractivity contribution in [1.82, 2.24) is 4.98 Å². The number of nitrogens with one attached hydrogen (secondary N) is 1. The lowest BCUT2D eigenvalue weighted by Crippen LogP contribution is -2.44. The standard InChI is InChI=1S/C20H24ClNO4/c1-3-20(4-2,26-19(25)11-18(23)24)12-5-7-14-15-8-6-13(21)10-17(15)22-16(14)9-12/h6,8,10,12,22H,3-5,7,9,11H2,1-2H3,(H,23,24). The molecular weight excluding hydrogens is 354 g/mol. The predicted octanol–water partition coefficient (Wildman–Crippen LogP) is 4.50. The number of aliphatic carboxylic acids is 1. The molecule has 1 aromatic carbocycles. The smallest absolute Gasteiger partial charge is 0.317 e. The normalized spacial score (nSPS) is 17.1. The molecule has 2 N–H and O–H groups in total. The molecule has 3 rings (SSSR count). The Labute approximate surface area is 157 Å². The van der Waals surface area contributed by atoms with Crippen LogP contribution < -0.4 is 0 Å². The highest BCUT2D eigenvalue weighted by Crippen LogP contribution is 2.41. The topological polar surface area (TPSA) is 79.4 Å². The lowest BCUT2D eigenvalue weighted by molar-refractivity contribution is -0.171. The van der Waals surface area contributed by atoms with Crippen molar-refractivity contribution in [2.24, 2.45) is 5.92 Å². The third kappa shape index (κ3) is 3.45. The molecule has 140 valence electrons. The van der Waals surface area contributed by atoms with Gasteiger partial charge in [-0.2, -0.15) is 0 Å². The van der Waals surface area contributed by atoms with E-state index in [0.29, 0.717) is 17.9 Å². The number of aromatic amines is 1. The number of rotatable bonds is 6. The highest BCUT2D eigenvalue weighted by molar-refractivity contribution is 6.31. The zero-order valence-corrected chi connectivity index (χ0v) is 15.9. The van der Waals surface area contributed by atoms with Crippen LogP contribution >= 0.6 is 11.6 Å². The zero-order valence-electron chi connectivity index (χ0n) is 15.1. The lowest BCUT2D eigenvalue weighted by atomic mass is 9.73. The van der Waals surface area contributed by atoms with E-state index < -0.39 is 24.0 Å². The molecule has 6 heteroatoms. The highest BCUT2D eigenvalue weighted by atomic mass is 35.5. The van der Waals surface area contributed by atoms with Gasteiger partial charge in [-0.05, 0) is 49.8 Å². The van der Waals surface area contributed by atoms with Crippen LogP contribution in [0, 0.1) is 5.92 Å². The van der Waals surface area contributed by atoms with E-state index in [1.54, 1.807) is 0 Å². The van der Waals surface area contributed by atoms with Gasteiger partial charge in [0.05, 0.1) is 0 Å². The van der Waals surface area contributed by atoms with Crippen LogP contribution in [0.2, 0.25) is 5.02 Å². The minimum absolute atomic E-state index is 0.159. The quantitative estimate of drug-likeness (QED) is 0.573. The Balaban J connectivity index is 1.87. The van der Waals surface area contributed by atoms with Gasteiger partial charge in [0.1, 0.15) is 12.0 Å². The highest BCUT2D eigenvalue weighted by Gasteiger charge is 2.41. The van der Waals surface area contributed by atoms with Crippen LogP contribution in [0.25, 0.3) is 10.9 Å². The number of aryl methyl sites for hydroxylation is 1. The van der Waals surface area contributed by atoms with Crippen molar-refractivity contribution in [3.8, 4) is 0 Å². The molecule has 0 bridgehead atoms. The second-order valence-corrected chi connectivity index (χ2v) is 7.46. The van der Waals surface area contributed by atoms with Crippen molar-refractivity contribution in [3.05, 3.63) is 34.5 Å². The summed E-state index contributed by atoms with van der Waals surface area (Å²) in [4.78, 5) is 26.3. The molecule has 0 saturated carbocycles. The van der Waals surface area contributed by atoms with Crippen LogP contribution in [-0.4, -0.2) is 27.6 Å². The number of hydrogen-bond acceptors (Lipinski definition) is 3. The summed E-state index contributed by atoms with van der Waals surface area (Å²) in [5.74, 6) is -1.66. The fourth-order valence-electron chi connectivity index (χ4n) is 4.30. The Morgan fingerprint density at radius 2 is 2.08 bits per heavy atom. The van der Waals surface area contributed by atoms with Gasteiger partial charge < -0.3 is 14.8 Å². The van der Waals surface area contributed by atoms with Gasteiger partial charge in [0.2, 0.25) is 0 Å². The molecule has 1 heterocycles. The zero-order chi connectivity index (χ0) is 18.9. The maximum absolute atomic E-state index is 12.0. The first-order valence-corrected chi connectivity index (χ1v) is 9.49. The molecule has 1 aliphatic rings. The minimum atomic E-state index is -1.16. The molecule has 0 saturated heterocycles. The van der Waals surface area contributed by atoms with Crippen LogP contribution in [0.4, 0.5) is 0 Å². The molecular formula is C20H24ClNO4. The molecule has 0 aliphatic heterocycles. The van der Waals surface area contributed by atoms with Gasteiger partial charge in [0.15, 0.2) is 0 Å². The Morgan fingerprint density at radius 1 is 1.35 bits per heavy atom. The van der Waals surface area contributed by atoms with Crippen molar-refractivity contribution in [1.29, 1.82) is 0 Å². The summed E-state index contributed by atoms with van der Waals surface area (Å²) in [5, 5.41) is 10.8. The third-order valence-corrected chi connectivity index (χ3v) is 5.94. The Kier molecular flexibility index (Phi) is 5.28. The van der Waals surface area contributed by atoms with Crippen molar-refractivity contribution < 1.29 is 19.4 Å². The minimum Gasteiger partial charge on any atom is -0.481 e. The number of carbonyl (C=O) groups excluding carboxylic acids is 1. The molecule has 2 aromatic rings. The van der Waals surface area contributed by atoms with Crippen LogP contribution in [0.3, 0.4) is 0 Å². The number of benzene rings is 1. The number of halogens is 1. The number of esters is 1. The van der Waals surface area contributed by atoms with E-state index in [1.807, 2.05) is 32.0 Å². The maximum atomic E-state index is 12.0. The number of carboxylic acids is 1. The van der Waals surface area contributed by atoms with E-state index in [9.17, 15) is 9.59 Å². The molecule has 1 atom stereocenters. The third-order valence-electron chi connectivity index (χ3n) is 5.70. The van der Waals surface area contributed by atoms with Crippen LogP contribution in [0.1, 0.15) is 50.8 Å². The largest absolute Gasteiger partial charge is 0.481 e. The number of hydrogen-bond donors (Lipinski definition) is 2. The van der Waals surface area contributed by atoms with Gasteiger partial charge in [-0.1, -0.05) is 31.5 Å². The van der Waals surface area contributed by atoms with E-state index >= 15 is 0 Å².